The van der Waals surface area contributed by atoms with E-state index in [1.807, 2.05) is 0 Å². The van der Waals surface area contributed by atoms with Crippen LogP contribution in [-0.2, 0) is 6.54 Å². The van der Waals surface area contributed by atoms with Crippen LogP contribution in [-0.4, -0.2) is 26.1 Å². The predicted octanol–water partition coefficient (Wildman–Crippen LogP) is 12.0. The third-order valence-corrected chi connectivity index (χ3v) is 10.4. The van der Waals surface area contributed by atoms with E-state index in [-0.39, 0.29) is 16.8 Å². The Hall–Kier alpha value is -2.38. The molecule has 0 aliphatic rings. The lowest BCUT2D eigenvalue weighted by Crippen LogP contribution is -2.28. The van der Waals surface area contributed by atoms with Crippen LogP contribution < -0.4 is 22.3 Å². The third kappa shape index (κ3) is 20.5. The second kappa shape index (κ2) is 30.3. The molecule has 0 aromatic carbocycles. The molecule has 2 rings (SSSR count). The molecule has 4 N–H and O–H groups in total. The summed E-state index contributed by atoms with van der Waals surface area (Å²) in [6.45, 7) is 5.79. The lowest BCUT2D eigenvalue weighted by atomic mass is 10.0. The molecule has 8 heteroatoms. The van der Waals surface area contributed by atoms with E-state index in [4.69, 9.17) is 5.73 Å². The second-order valence-corrected chi connectivity index (χ2v) is 15.1. The van der Waals surface area contributed by atoms with Crippen molar-refractivity contribution in [1.82, 2.24) is 19.5 Å². The monoisotopic (exact) mass is 699 g/mol. The Bertz CT molecular complexity index is 1210. The molecule has 0 bridgehead atoms. The van der Waals surface area contributed by atoms with Gasteiger partial charge in [-0.2, -0.15) is 9.97 Å². The molecule has 0 aliphatic heterocycles. The van der Waals surface area contributed by atoms with Crippen molar-refractivity contribution in [3.05, 3.63) is 20.8 Å². The van der Waals surface area contributed by atoms with Crippen LogP contribution in [0.1, 0.15) is 219 Å². The van der Waals surface area contributed by atoms with Gasteiger partial charge in [-0.15, -0.1) is 0 Å². The topological polar surface area (TPSA) is 119 Å². The first-order valence-corrected chi connectivity index (χ1v) is 21.6. The minimum absolute atomic E-state index is 0.0497. The number of anilines is 2. The van der Waals surface area contributed by atoms with E-state index in [0.29, 0.717) is 18.1 Å². The van der Waals surface area contributed by atoms with Crippen molar-refractivity contribution >= 4 is 22.8 Å². The number of aromatic nitrogens is 4. The number of nitrogens with one attached hydrogen (secondary N) is 2. The van der Waals surface area contributed by atoms with Crippen LogP contribution >= 0.6 is 0 Å². The smallest absolute Gasteiger partial charge is 0.351 e. The number of nitrogens with two attached hydrogens (primary N) is 1. The van der Waals surface area contributed by atoms with Crippen molar-refractivity contribution in [2.45, 2.75) is 226 Å². The fraction of sp³-hybridized carbons (Fsp3) is 0.857. The Morgan fingerprint density at radius 1 is 0.520 bits per heavy atom. The van der Waals surface area contributed by atoms with Gasteiger partial charge < -0.3 is 11.1 Å². The van der Waals surface area contributed by atoms with Crippen LogP contribution in [0.5, 0.6) is 0 Å². The maximum atomic E-state index is 12.9. The number of H-pyrrole nitrogens is 1. The highest BCUT2D eigenvalue weighted by atomic mass is 16.1. The van der Waals surface area contributed by atoms with Crippen molar-refractivity contribution < 1.29 is 0 Å². The quantitative estimate of drug-likeness (QED) is 0.0616. The van der Waals surface area contributed by atoms with Crippen LogP contribution in [0, 0.1) is 0 Å². The molecule has 0 fully saturated rings. The van der Waals surface area contributed by atoms with E-state index >= 15 is 0 Å². The Balaban J connectivity index is 1.57. The maximum absolute atomic E-state index is 12.9. The lowest BCUT2D eigenvalue weighted by molar-refractivity contribution is 0.519. The molecule has 0 atom stereocenters. The molecule has 0 radical (unpaired) electrons. The Kier molecular flexibility index (Phi) is 26.5. The van der Waals surface area contributed by atoms with Gasteiger partial charge in [-0.3, -0.25) is 14.3 Å². The zero-order chi connectivity index (χ0) is 35.9. The van der Waals surface area contributed by atoms with E-state index in [1.54, 1.807) is 0 Å². The van der Waals surface area contributed by atoms with Crippen molar-refractivity contribution in [3.63, 3.8) is 0 Å². The molecule has 0 aliphatic carbocycles. The number of rotatable bonds is 35. The normalized spacial score (nSPS) is 11.6. The number of unbranched alkanes of at least 4 members (excludes halogenated alkanes) is 30. The Labute approximate surface area is 306 Å². The standard InChI is InChI=1S/C42H78N6O2/c1-3-5-7-9-11-13-15-17-19-21-23-25-27-29-31-33-35-44-41-46-39-37(40(49)47-41)38(43)45-42(50)48(39)36-34-32-30-28-26-24-22-20-18-16-14-12-10-8-6-4-2/h3-36H2,1-2H3,(H2,43,45,50)(H2,44,46,47,49). The van der Waals surface area contributed by atoms with E-state index in [0.717, 1.165) is 38.6 Å². The number of hydrogen-bond donors (Lipinski definition) is 3. The molecule has 0 amide bonds. The van der Waals surface area contributed by atoms with Gasteiger partial charge >= 0.3 is 5.69 Å². The molecular formula is C42H78N6O2. The first kappa shape index (κ1) is 43.8. The summed E-state index contributed by atoms with van der Waals surface area (Å²) >= 11 is 0. The molecule has 0 saturated carbocycles. The zero-order valence-electron chi connectivity index (χ0n) is 32.8. The molecule has 0 spiro atoms. The van der Waals surface area contributed by atoms with Gasteiger partial charge in [0.05, 0.1) is 0 Å². The molecule has 2 aromatic rings. The van der Waals surface area contributed by atoms with Crippen LogP contribution in [0.3, 0.4) is 0 Å². The zero-order valence-corrected chi connectivity index (χ0v) is 32.8. The molecular weight excluding hydrogens is 621 g/mol. The number of aryl methyl sites for hydroxylation is 1. The van der Waals surface area contributed by atoms with Crippen LogP contribution in [0.25, 0.3) is 11.0 Å². The van der Waals surface area contributed by atoms with Crippen molar-refractivity contribution in [2.24, 2.45) is 0 Å². The minimum atomic E-state index is -0.433. The molecule has 288 valence electrons. The van der Waals surface area contributed by atoms with Gasteiger partial charge in [0.15, 0.2) is 5.65 Å². The van der Waals surface area contributed by atoms with Crippen molar-refractivity contribution in [2.75, 3.05) is 17.6 Å². The van der Waals surface area contributed by atoms with Gasteiger partial charge in [-0.25, -0.2) is 4.79 Å². The minimum Gasteiger partial charge on any atom is -0.383 e. The first-order valence-electron chi connectivity index (χ1n) is 21.6. The maximum Gasteiger partial charge on any atom is 0.351 e. The van der Waals surface area contributed by atoms with Gasteiger partial charge in [0.1, 0.15) is 11.2 Å². The highest BCUT2D eigenvalue weighted by Gasteiger charge is 2.15. The van der Waals surface area contributed by atoms with Crippen LogP contribution in [0.2, 0.25) is 0 Å². The second-order valence-electron chi connectivity index (χ2n) is 15.1. The predicted molar refractivity (Wildman–Crippen MR) is 216 cm³/mol. The van der Waals surface area contributed by atoms with Gasteiger partial charge in [0.25, 0.3) is 5.56 Å². The Morgan fingerprint density at radius 2 is 0.880 bits per heavy atom. The summed E-state index contributed by atoms with van der Waals surface area (Å²) in [6.07, 6.45) is 42.2. The summed E-state index contributed by atoms with van der Waals surface area (Å²) in [6, 6.07) is 0. The summed E-state index contributed by atoms with van der Waals surface area (Å²) in [7, 11) is 0. The fourth-order valence-electron chi connectivity index (χ4n) is 7.18. The summed E-state index contributed by atoms with van der Waals surface area (Å²) in [5, 5.41) is 3.48. The van der Waals surface area contributed by atoms with Gasteiger partial charge in [-0.1, -0.05) is 206 Å². The molecule has 0 saturated heterocycles. The largest absolute Gasteiger partial charge is 0.383 e. The molecule has 50 heavy (non-hydrogen) atoms. The summed E-state index contributed by atoms with van der Waals surface area (Å²) in [5.74, 6) is 0.348. The fourth-order valence-corrected chi connectivity index (χ4v) is 7.18. The molecule has 2 aromatic heterocycles. The van der Waals surface area contributed by atoms with E-state index in [2.05, 4.69) is 34.1 Å². The number of hydrogen-bond acceptors (Lipinski definition) is 6. The highest BCUT2D eigenvalue weighted by molar-refractivity contribution is 5.85. The summed E-state index contributed by atoms with van der Waals surface area (Å²) < 4.78 is 1.53. The van der Waals surface area contributed by atoms with Gasteiger partial charge in [0, 0.05) is 13.1 Å². The van der Waals surface area contributed by atoms with E-state index in [9.17, 15) is 9.59 Å². The third-order valence-electron chi connectivity index (χ3n) is 10.4. The van der Waals surface area contributed by atoms with Gasteiger partial charge in [0.2, 0.25) is 5.95 Å². The first-order chi connectivity index (χ1) is 24.6. The number of aromatic amines is 1. The number of nitrogen functional groups attached to an aromatic ring is 1. The van der Waals surface area contributed by atoms with E-state index in [1.165, 1.54) is 178 Å². The Morgan fingerprint density at radius 3 is 1.28 bits per heavy atom. The number of nitrogens with zero attached hydrogens (tertiary/aromatic N) is 3. The SMILES string of the molecule is CCCCCCCCCCCCCCCCCCNc1nc2c(c(N)nc(=O)n2CCCCCCCCCCCCCCCCCC)c(=O)[nH]1. The van der Waals surface area contributed by atoms with Gasteiger partial charge in [-0.05, 0) is 12.8 Å². The lowest BCUT2D eigenvalue weighted by Gasteiger charge is -2.12. The van der Waals surface area contributed by atoms with Crippen molar-refractivity contribution in [1.29, 1.82) is 0 Å². The average molecular weight is 699 g/mol. The average Bonchev–Trinajstić information content (AvgIpc) is 3.10. The van der Waals surface area contributed by atoms with Crippen LogP contribution in [0.15, 0.2) is 9.59 Å². The van der Waals surface area contributed by atoms with Crippen LogP contribution in [0.4, 0.5) is 11.8 Å². The molecule has 8 nitrogen and oxygen atoms in total. The summed E-state index contributed by atoms with van der Waals surface area (Å²) in [4.78, 5) is 37.1. The molecule has 2 heterocycles. The highest BCUT2D eigenvalue weighted by Crippen LogP contribution is 2.17. The number of fused-ring (bicyclic) bond motifs is 1. The summed E-state index contributed by atoms with van der Waals surface area (Å²) in [5.41, 5.74) is 5.56. The molecule has 0 unspecified atom stereocenters. The van der Waals surface area contributed by atoms with E-state index < -0.39 is 5.69 Å². The van der Waals surface area contributed by atoms with Crippen molar-refractivity contribution in [3.8, 4) is 0 Å².